The molecule has 0 aliphatic carbocycles. The van der Waals surface area contributed by atoms with E-state index in [1.165, 1.54) is 22.7 Å². The number of methoxy groups -OCH3 is 1. The van der Waals surface area contributed by atoms with E-state index in [1.807, 2.05) is 18.2 Å². The number of nitrogens with zero attached hydrogens (tertiary/aromatic N) is 2. The number of nitrogens with one attached hydrogen (secondary N) is 1. The van der Waals surface area contributed by atoms with Gasteiger partial charge in [0.1, 0.15) is 18.1 Å². The second-order valence-corrected chi connectivity index (χ2v) is 8.45. The Balaban J connectivity index is 1.78. The number of hydrogen-bond acceptors (Lipinski definition) is 5. The topological polar surface area (TPSA) is 88.2 Å². The molecule has 1 fully saturated rings. The number of carbonyl (C=O) groups is 1. The molecule has 8 nitrogen and oxygen atoms in total. The van der Waals surface area contributed by atoms with Gasteiger partial charge in [0.25, 0.3) is 10.2 Å². The van der Waals surface area contributed by atoms with Gasteiger partial charge in [-0.3, -0.25) is 4.79 Å². The predicted molar refractivity (Wildman–Crippen MR) is 98.4 cm³/mol. The van der Waals surface area contributed by atoms with Crippen LogP contribution in [0.15, 0.2) is 24.3 Å². The van der Waals surface area contributed by atoms with Gasteiger partial charge in [0.05, 0.1) is 19.6 Å². The smallest absolute Gasteiger partial charge is 0.281 e. The van der Waals surface area contributed by atoms with Crippen LogP contribution in [0.1, 0.15) is 12.8 Å². The molecule has 1 aliphatic rings. The van der Waals surface area contributed by atoms with E-state index in [2.05, 4.69) is 5.32 Å². The molecule has 146 valence electrons. The molecule has 1 amide bonds. The number of benzene rings is 1. The number of ether oxygens (including phenoxy) is 2. The van der Waals surface area contributed by atoms with Crippen molar-refractivity contribution in [1.29, 1.82) is 0 Å². The quantitative estimate of drug-likeness (QED) is 0.666. The molecule has 0 bridgehead atoms. The van der Waals surface area contributed by atoms with E-state index < -0.39 is 10.2 Å². The van der Waals surface area contributed by atoms with Crippen LogP contribution in [0.25, 0.3) is 0 Å². The summed E-state index contributed by atoms with van der Waals surface area (Å²) in [4.78, 5) is 12.3. The molecule has 0 saturated carbocycles. The van der Waals surface area contributed by atoms with Crippen molar-refractivity contribution in [2.24, 2.45) is 5.92 Å². The van der Waals surface area contributed by atoms with Gasteiger partial charge in [-0.2, -0.15) is 17.0 Å². The molecular weight excluding hydrogens is 358 g/mol. The average Bonchev–Trinajstić information content (AvgIpc) is 2.65. The van der Waals surface area contributed by atoms with Crippen molar-refractivity contribution >= 4 is 16.1 Å². The van der Waals surface area contributed by atoms with E-state index in [4.69, 9.17) is 9.47 Å². The van der Waals surface area contributed by atoms with Crippen LogP contribution in [-0.2, 0) is 15.0 Å². The Bertz CT molecular complexity index is 708. The summed E-state index contributed by atoms with van der Waals surface area (Å²) >= 11 is 0. The first-order valence-electron chi connectivity index (χ1n) is 8.56. The summed E-state index contributed by atoms with van der Waals surface area (Å²) in [5, 5.41) is 2.82. The van der Waals surface area contributed by atoms with Crippen LogP contribution in [0.5, 0.6) is 11.5 Å². The third-order valence-electron chi connectivity index (χ3n) is 4.25. The molecule has 1 aliphatic heterocycles. The summed E-state index contributed by atoms with van der Waals surface area (Å²) in [5.74, 6) is 0.892. The zero-order valence-corrected chi connectivity index (χ0v) is 16.3. The SMILES string of the molecule is COc1cccc(OCCNC(=O)C2CCCN(S(=O)(=O)N(C)C)C2)c1. The van der Waals surface area contributed by atoms with Crippen LogP contribution >= 0.6 is 0 Å². The monoisotopic (exact) mass is 385 g/mol. The minimum atomic E-state index is -3.48. The summed E-state index contributed by atoms with van der Waals surface area (Å²) < 4.78 is 37.7. The van der Waals surface area contributed by atoms with Crippen molar-refractivity contribution in [2.45, 2.75) is 12.8 Å². The van der Waals surface area contributed by atoms with Gasteiger partial charge in [-0.25, -0.2) is 0 Å². The summed E-state index contributed by atoms with van der Waals surface area (Å²) in [7, 11) is 1.09. The maximum Gasteiger partial charge on any atom is 0.281 e. The molecule has 1 heterocycles. The largest absolute Gasteiger partial charge is 0.497 e. The Morgan fingerprint density at radius 2 is 2.08 bits per heavy atom. The van der Waals surface area contributed by atoms with E-state index >= 15 is 0 Å². The van der Waals surface area contributed by atoms with Gasteiger partial charge in [-0.15, -0.1) is 0 Å². The Morgan fingerprint density at radius 3 is 2.77 bits per heavy atom. The lowest BCUT2D eigenvalue weighted by molar-refractivity contribution is -0.126. The van der Waals surface area contributed by atoms with Crippen molar-refractivity contribution in [1.82, 2.24) is 13.9 Å². The van der Waals surface area contributed by atoms with Crippen molar-refractivity contribution in [3.8, 4) is 11.5 Å². The normalized spacial score (nSPS) is 18.5. The minimum absolute atomic E-state index is 0.141. The van der Waals surface area contributed by atoms with Crippen molar-refractivity contribution < 1.29 is 22.7 Å². The molecule has 1 N–H and O–H groups in total. The van der Waals surface area contributed by atoms with E-state index in [0.717, 1.165) is 0 Å². The molecule has 0 spiro atoms. The van der Waals surface area contributed by atoms with Crippen LogP contribution in [0.3, 0.4) is 0 Å². The number of rotatable bonds is 8. The minimum Gasteiger partial charge on any atom is -0.497 e. The molecule has 26 heavy (non-hydrogen) atoms. The van der Waals surface area contributed by atoms with Crippen LogP contribution in [0.2, 0.25) is 0 Å². The number of amides is 1. The van der Waals surface area contributed by atoms with E-state index in [-0.39, 0.29) is 18.4 Å². The fourth-order valence-electron chi connectivity index (χ4n) is 2.78. The third kappa shape index (κ3) is 5.33. The van der Waals surface area contributed by atoms with Gasteiger partial charge in [0, 0.05) is 33.3 Å². The number of hydrogen-bond donors (Lipinski definition) is 1. The molecular formula is C17H27N3O5S. The second kappa shape index (κ2) is 9.20. The lowest BCUT2D eigenvalue weighted by Crippen LogP contribution is -2.49. The maximum atomic E-state index is 12.3. The highest BCUT2D eigenvalue weighted by molar-refractivity contribution is 7.86. The van der Waals surface area contributed by atoms with E-state index in [0.29, 0.717) is 44.0 Å². The Morgan fingerprint density at radius 1 is 1.35 bits per heavy atom. The van der Waals surface area contributed by atoms with Gasteiger partial charge < -0.3 is 14.8 Å². The summed E-state index contributed by atoms with van der Waals surface area (Å²) in [6, 6.07) is 7.24. The molecule has 1 atom stereocenters. The van der Waals surface area contributed by atoms with Crippen molar-refractivity contribution in [3.63, 3.8) is 0 Å². The number of carbonyl (C=O) groups excluding carboxylic acids is 1. The van der Waals surface area contributed by atoms with Crippen LogP contribution < -0.4 is 14.8 Å². The van der Waals surface area contributed by atoms with Gasteiger partial charge in [0.2, 0.25) is 5.91 Å². The fraction of sp³-hybridized carbons (Fsp3) is 0.588. The first-order valence-corrected chi connectivity index (χ1v) is 9.96. The van der Waals surface area contributed by atoms with Crippen molar-refractivity contribution in [3.05, 3.63) is 24.3 Å². The zero-order valence-electron chi connectivity index (χ0n) is 15.5. The predicted octanol–water partition coefficient (Wildman–Crippen LogP) is 0.709. The van der Waals surface area contributed by atoms with Crippen LogP contribution in [0, 0.1) is 5.92 Å². The second-order valence-electron chi connectivity index (χ2n) is 6.31. The Labute approximate surface area is 155 Å². The molecule has 2 rings (SSSR count). The summed E-state index contributed by atoms with van der Waals surface area (Å²) in [6.07, 6.45) is 1.35. The van der Waals surface area contributed by atoms with E-state index in [9.17, 15) is 13.2 Å². The zero-order chi connectivity index (χ0) is 19.2. The van der Waals surface area contributed by atoms with Crippen LogP contribution in [0.4, 0.5) is 0 Å². The first-order chi connectivity index (χ1) is 12.3. The average molecular weight is 385 g/mol. The molecule has 1 unspecified atom stereocenters. The van der Waals surface area contributed by atoms with E-state index in [1.54, 1.807) is 13.2 Å². The molecule has 1 aromatic carbocycles. The molecule has 9 heteroatoms. The lowest BCUT2D eigenvalue weighted by atomic mass is 9.99. The van der Waals surface area contributed by atoms with Gasteiger partial charge in [-0.05, 0) is 25.0 Å². The third-order valence-corrected chi connectivity index (χ3v) is 6.16. The summed E-state index contributed by atoms with van der Waals surface area (Å²) in [6.45, 7) is 1.34. The standard InChI is InChI=1S/C17H27N3O5S/c1-19(2)26(22,23)20-10-5-6-14(13-20)17(21)18-9-11-25-16-8-4-7-15(12-16)24-3/h4,7-8,12,14H,5-6,9-11,13H2,1-3H3,(H,18,21). The molecule has 0 aromatic heterocycles. The fourth-order valence-corrected chi connectivity index (χ4v) is 3.97. The van der Waals surface area contributed by atoms with Crippen molar-refractivity contribution in [2.75, 3.05) is 47.4 Å². The van der Waals surface area contributed by atoms with Gasteiger partial charge in [-0.1, -0.05) is 6.07 Å². The van der Waals surface area contributed by atoms with Crippen LogP contribution in [-0.4, -0.2) is 70.4 Å². The number of piperidine rings is 1. The highest BCUT2D eigenvalue weighted by Crippen LogP contribution is 2.21. The van der Waals surface area contributed by atoms with Gasteiger partial charge in [0.15, 0.2) is 0 Å². The Kier molecular flexibility index (Phi) is 7.24. The summed E-state index contributed by atoms with van der Waals surface area (Å²) in [5.41, 5.74) is 0. The maximum absolute atomic E-state index is 12.3. The van der Waals surface area contributed by atoms with Gasteiger partial charge >= 0.3 is 0 Å². The molecule has 0 radical (unpaired) electrons. The first kappa shape index (κ1) is 20.5. The molecule has 1 aromatic rings. The highest BCUT2D eigenvalue weighted by Gasteiger charge is 2.33. The highest BCUT2D eigenvalue weighted by atomic mass is 32.2. The Hall–Kier alpha value is -1.84. The molecule has 1 saturated heterocycles. The lowest BCUT2D eigenvalue weighted by Gasteiger charge is -2.32.